The summed E-state index contributed by atoms with van der Waals surface area (Å²) in [6.45, 7) is 2.04. The van der Waals surface area contributed by atoms with Crippen LogP contribution in [0.1, 0.15) is 30.1 Å². The number of benzene rings is 1. The van der Waals surface area contributed by atoms with Crippen molar-refractivity contribution >= 4 is 12.6 Å². The van der Waals surface area contributed by atoms with E-state index in [2.05, 4.69) is 36.9 Å². The standard InChI is InChI=1S/C14H20O2S/c17-11-10-15-8-9-16-14-7-3-5-12-4-1-2-6-13(12)14/h1-2,4,6,14,17H,3,5,7-11H2. The van der Waals surface area contributed by atoms with Gasteiger partial charge in [0.25, 0.3) is 0 Å². The largest absolute Gasteiger partial charge is 0.378 e. The molecule has 1 atom stereocenters. The van der Waals surface area contributed by atoms with Gasteiger partial charge in [0, 0.05) is 5.75 Å². The van der Waals surface area contributed by atoms with E-state index in [1.807, 2.05) is 0 Å². The van der Waals surface area contributed by atoms with Gasteiger partial charge in [-0.2, -0.15) is 12.6 Å². The number of rotatable bonds is 6. The normalized spacial score (nSPS) is 19.0. The Kier molecular flexibility index (Phi) is 5.36. The topological polar surface area (TPSA) is 18.5 Å². The maximum Gasteiger partial charge on any atom is 0.0828 e. The van der Waals surface area contributed by atoms with Gasteiger partial charge in [0.2, 0.25) is 0 Å². The van der Waals surface area contributed by atoms with E-state index < -0.39 is 0 Å². The lowest BCUT2D eigenvalue weighted by atomic mass is 9.89. The number of thiol groups is 1. The number of ether oxygens (including phenoxy) is 2. The minimum atomic E-state index is 0.263. The summed E-state index contributed by atoms with van der Waals surface area (Å²) in [5, 5.41) is 0. The van der Waals surface area contributed by atoms with Crippen LogP contribution < -0.4 is 0 Å². The molecular formula is C14H20O2S. The fraction of sp³-hybridized carbons (Fsp3) is 0.571. The van der Waals surface area contributed by atoms with Crippen molar-refractivity contribution in [3.8, 4) is 0 Å². The van der Waals surface area contributed by atoms with Crippen molar-refractivity contribution in [2.75, 3.05) is 25.6 Å². The van der Waals surface area contributed by atoms with Crippen LogP contribution in [0.15, 0.2) is 24.3 Å². The summed E-state index contributed by atoms with van der Waals surface area (Å²) in [6.07, 6.45) is 3.80. The van der Waals surface area contributed by atoms with Gasteiger partial charge in [-0.25, -0.2) is 0 Å². The van der Waals surface area contributed by atoms with Crippen LogP contribution in [0.5, 0.6) is 0 Å². The third kappa shape index (κ3) is 3.73. The van der Waals surface area contributed by atoms with Crippen molar-refractivity contribution in [3.63, 3.8) is 0 Å². The lowest BCUT2D eigenvalue weighted by Crippen LogP contribution is -2.15. The fourth-order valence-electron chi connectivity index (χ4n) is 2.30. The molecule has 1 aliphatic rings. The third-order valence-electron chi connectivity index (χ3n) is 3.10. The Labute approximate surface area is 109 Å². The molecule has 1 unspecified atom stereocenters. The van der Waals surface area contributed by atoms with E-state index in [9.17, 15) is 0 Å². The van der Waals surface area contributed by atoms with Gasteiger partial charge in [0.1, 0.15) is 0 Å². The van der Waals surface area contributed by atoms with Gasteiger partial charge in [0.05, 0.1) is 25.9 Å². The second-order valence-corrected chi connectivity index (χ2v) is 4.73. The molecule has 2 nitrogen and oxygen atoms in total. The lowest BCUT2D eigenvalue weighted by Gasteiger charge is -2.25. The van der Waals surface area contributed by atoms with E-state index >= 15 is 0 Å². The molecule has 3 heteroatoms. The molecule has 1 aromatic rings. The highest BCUT2D eigenvalue weighted by Crippen LogP contribution is 2.31. The highest BCUT2D eigenvalue weighted by Gasteiger charge is 2.19. The van der Waals surface area contributed by atoms with E-state index in [0.717, 1.165) is 12.2 Å². The Morgan fingerprint density at radius 2 is 2.06 bits per heavy atom. The second kappa shape index (κ2) is 7.04. The molecule has 0 spiro atoms. The van der Waals surface area contributed by atoms with E-state index in [0.29, 0.717) is 19.8 Å². The first-order valence-corrected chi connectivity index (χ1v) is 6.93. The first-order chi connectivity index (χ1) is 8.42. The van der Waals surface area contributed by atoms with Crippen molar-refractivity contribution in [1.82, 2.24) is 0 Å². The predicted molar refractivity (Wildman–Crippen MR) is 72.7 cm³/mol. The summed E-state index contributed by atoms with van der Waals surface area (Å²) in [4.78, 5) is 0. The molecule has 0 saturated heterocycles. The third-order valence-corrected chi connectivity index (χ3v) is 3.28. The van der Waals surface area contributed by atoms with Gasteiger partial charge >= 0.3 is 0 Å². The van der Waals surface area contributed by atoms with Gasteiger partial charge in [-0.05, 0) is 30.4 Å². The van der Waals surface area contributed by atoms with E-state index in [-0.39, 0.29) is 6.10 Å². The summed E-state index contributed by atoms with van der Waals surface area (Å²) in [6, 6.07) is 8.60. The van der Waals surface area contributed by atoms with Gasteiger partial charge in [-0.3, -0.25) is 0 Å². The zero-order valence-electron chi connectivity index (χ0n) is 10.1. The highest BCUT2D eigenvalue weighted by molar-refractivity contribution is 7.80. The van der Waals surface area contributed by atoms with Crippen LogP contribution in [0.25, 0.3) is 0 Å². The van der Waals surface area contributed by atoms with Crippen molar-refractivity contribution in [3.05, 3.63) is 35.4 Å². The maximum absolute atomic E-state index is 5.91. The highest BCUT2D eigenvalue weighted by atomic mass is 32.1. The van der Waals surface area contributed by atoms with Gasteiger partial charge in [0.15, 0.2) is 0 Å². The maximum atomic E-state index is 5.91. The van der Waals surface area contributed by atoms with Crippen LogP contribution in [0, 0.1) is 0 Å². The summed E-state index contributed by atoms with van der Waals surface area (Å²) >= 11 is 4.10. The Bertz CT molecular complexity index is 341. The van der Waals surface area contributed by atoms with Crippen LogP contribution in [0.3, 0.4) is 0 Å². The van der Waals surface area contributed by atoms with Crippen LogP contribution in [-0.2, 0) is 15.9 Å². The van der Waals surface area contributed by atoms with Gasteiger partial charge in [-0.1, -0.05) is 24.3 Å². The van der Waals surface area contributed by atoms with Crippen molar-refractivity contribution in [2.24, 2.45) is 0 Å². The Morgan fingerprint density at radius 3 is 2.94 bits per heavy atom. The number of hydrogen-bond donors (Lipinski definition) is 1. The number of aryl methyl sites for hydroxylation is 1. The molecule has 1 aromatic carbocycles. The molecule has 0 bridgehead atoms. The Morgan fingerprint density at radius 1 is 1.18 bits per heavy atom. The molecule has 0 radical (unpaired) electrons. The quantitative estimate of drug-likeness (QED) is 0.619. The summed E-state index contributed by atoms with van der Waals surface area (Å²) < 4.78 is 11.3. The Hall–Kier alpha value is -0.510. The second-order valence-electron chi connectivity index (χ2n) is 4.29. The smallest absolute Gasteiger partial charge is 0.0828 e. The molecule has 94 valence electrons. The minimum Gasteiger partial charge on any atom is -0.378 e. The summed E-state index contributed by atoms with van der Waals surface area (Å²) in [5.74, 6) is 0.770. The molecular weight excluding hydrogens is 232 g/mol. The molecule has 0 saturated carbocycles. The molecule has 2 rings (SSSR count). The molecule has 0 amide bonds. The molecule has 0 heterocycles. The van der Waals surface area contributed by atoms with Gasteiger partial charge < -0.3 is 9.47 Å². The summed E-state index contributed by atoms with van der Waals surface area (Å²) in [5.41, 5.74) is 2.81. The zero-order valence-corrected chi connectivity index (χ0v) is 11.0. The first-order valence-electron chi connectivity index (χ1n) is 6.30. The number of fused-ring (bicyclic) bond motifs is 1. The fourth-order valence-corrected chi connectivity index (χ4v) is 2.43. The van der Waals surface area contributed by atoms with Crippen LogP contribution in [-0.4, -0.2) is 25.6 Å². The van der Waals surface area contributed by atoms with E-state index in [1.165, 1.54) is 24.0 Å². The predicted octanol–water partition coefficient (Wildman–Crippen LogP) is 3.03. The summed E-state index contributed by atoms with van der Waals surface area (Å²) in [7, 11) is 0. The van der Waals surface area contributed by atoms with Crippen molar-refractivity contribution in [2.45, 2.75) is 25.4 Å². The number of hydrogen-bond acceptors (Lipinski definition) is 3. The van der Waals surface area contributed by atoms with Crippen molar-refractivity contribution in [1.29, 1.82) is 0 Å². The average Bonchev–Trinajstić information content (AvgIpc) is 2.39. The average molecular weight is 252 g/mol. The molecule has 0 N–H and O–H groups in total. The molecule has 1 aliphatic carbocycles. The molecule has 0 aromatic heterocycles. The molecule has 0 aliphatic heterocycles. The first kappa shape index (κ1) is 12.9. The van der Waals surface area contributed by atoms with Crippen LogP contribution in [0.2, 0.25) is 0 Å². The van der Waals surface area contributed by atoms with Gasteiger partial charge in [-0.15, -0.1) is 0 Å². The monoisotopic (exact) mass is 252 g/mol. The van der Waals surface area contributed by atoms with Crippen molar-refractivity contribution < 1.29 is 9.47 Å². The lowest BCUT2D eigenvalue weighted by molar-refractivity contribution is -0.000272. The SMILES string of the molecule is SCCOCCOC1CCCc2ccccc21. The van der Waals surface area contributed by atoms with Crippen LogP contribution in [0.4, 0.5) is 0 Å². The van der Waals surface area contributed by atoms with Crippen LogP contribution >= 0.6 is 12.6 Å². The molecule has 0 fully saturated rings. The Balaban J connectivity index is 1.82. The van der Waals surface area contributed by atoms with E-state index in [1.54, 1.807) is 0 Å². The zero-order chi connectivity index (χ0) is 11.9. The van der Waals surface area contributed by atoms with E-state index in [4.69, 9.17) is 9.47 Å². The minimum absolute atomic E-state index is 0.263. The molecule has 17 heavy (non-hydrogen) atoms.